The first-order valence-corrected chi connectivity index (χ1v) is 7.37. The summed E-state index contributed by atoms with van der Waals surface area (Å²) in [7, 11) is 0. The number of benzene rings is 1. The molecule has 1 nitrogen and oxygen atoms in total. The first-order chi connectivity index (χ1) is 8.59. The highest BCUT2D eigenvalue weighted by Gasteiger charge is 2.47. The number of nitrogens with one attached hydrogen (secondary N) is 1. The number of aryl methyl sites for hydroxylation is 2. The van der Waals surface area contributed by atoms with E-state index >= 15 is 0 Å². The second kappa shape index (κ2) is 5.44. The molecular weight excluding hydrogens is 218 g/mol. The molecule has 1 aliphatic rings. The number of rotatable bonds is 6. The van der Waals surface area contributed by atoms with Crippen molar-refractivity contribution in [1.82, 2.24) is 5.32 Å². The van der Waals surface area contributed by atoms with Crippen molar-refractivity contribution < 1.29 is 0 Å². The third kappa shape index (κ3) is 2.77. The SMILES string of the molecule is CCCNC(C)C1(Cc2c(C)cccc2C)CC1. The molecule has 100 valence electrons. The summed E-state index contributed by atoms with van der Waals surface area (Å²) >= 11 is 0. The second-order valence-corrected chi connectivity index (χ2v) is 6.09. The van der Waals surface area contributed by atoms with Gasteiger partial charge in [0.1, 0.15) is 0 Å². The van der Waals surface area contributed by atoms with E-state index in [2.05, 4.69) is 51.2 Å². The molecule has 2 rings (SSSR count). The molecule has 1 unspecified atom stereocenters. The van der Waals surface area contributed by atoms with Crippen LogP contribution < -0.4 is 5.32 Å². The molecule has 1 saturated carbocycles. The predicted molar refractivity (Wildman–Crippen MR) is 79.0 cm³/mol. The lowest BCUT2D eigenvalue weighted by Crippen LogP contribution is -2.36. The Kier molecular flexibility index (Phi) is 4.11. The third-order valence-corrected chi connectivity index (χ3v) is 4.68. The first kappa shape index (κ1) is 13.6. The maximum atomic E-state index is 3.69. The standard InChI is InChI=1S/C17H27N/c1-5-11-18-15(4)17(9-10-17)12-16-13(2)7-6-8-14(16)3/h6-8,15,18H,5,9-12H2,1-4H3. The second-order valence-electron chi connectivity index (χ2n) is 6.09. The van der Waals surface area contributed by atoms with E-state index in [4.69, 9.17) is 0 Å². The van der Waals surface area contributed by atoms with E-state index in [-0.39, 0.29) is 0 Å². The molecule has 0 heterocycles. The van der Waals surface area contributed by atoms with Gasteiger partial charge >= 0.3 is 0 Å². The Bertz CT molecular complexity index is 384. The van der Waals surface area contributed by atoms with Crippen molar-refractivity contribution in [2.45, 2.75) is 59.4 Å². The molecule has 0 amide bonds. The minimum absolute atomic E-state index is 0.534. The average Bonchev–Trinajstić information content (AvgIpc) is 3.12. The lowest BCUT2D eigenvalue weighted by atomic mass is 9.86. The minimum Gasteiger partial charge on any atom is -0.314 e. The zero-order valence-corrected chi connectivity index (χ0v) is 12.3. The molecule has 0 bridgehead atoms. The van der Waals surface area contributed by atoms with Crippen LogP contribution in [0.3, 0.4) is 0 Å². The lowest BCUT2D eigenvalue weighted by molar-refractivity contribution is 0.349. The largest absolute Gasteiger partial charge is 0.314 e. The highest BCUT2D eigenvalue weighted by atomic mass is 14.9. The van der Waals surface area contributed by atoms with E-state index in [1.165, 1.54) is 36.8 Å². The maximum absolute atomic E-state index is 3.69. The Balaban J connectivity index is 2.09. The molecule has 0 saturated heterocycles. The summed E-state index contributed by atoms with van der Waals surface area (Å²) in [5.41, 5.74) is 5.04. The van der Waals surface area contributed by atoms with E-state index in [1.807, 2.05) is 0 Å². The molecule has 1 fully saturated rings. The molecule has 0 aliphatic heterocycles. The van der Waals surface area contributed by atoms with E-state index in [1.54, 1.807) is 5.56 Å². The van der Waals surface area contributed by atoms with Gasteiger partial charge in [-0.15, -0.1) is 0 Å². The van der Waals surface area contributed by atoms with Crippen LogP contribution in [0.25, 0.3) is 0 Å². The van der Waals surface area contributed by atoms with Crippen molar-refractivity contribution in [3.05, 3.63) is 34.9 Å². The molecule has 1 heteroatoms. The molecule has 1 aromatic rings. The van der Waals surface area contributed by atoms with Crippen molar-refractivity contribution in [2.75, 3.05) is 6.54 Å². The Labute approximate surface area is 112 Å². The minimum atomic E-state index is 0.534. The fraction of sp³-hybridized carbons (Fsp3) is 0.647. The number of hydrogen-bond acceptors (Lipinski definition) is 1. The van der Waals surface area contributed by atoms with Gasteiger partial charge in [0, 0.05) is 6.04 Å². The molecule has 18 heavy (non-hydrogen) atoms. The zero-order chi connectivity index (χ0) is 13.2. The van der Waals surface area contributed by atoms with Gasteiger partial charge < -0.3 is 5.32 Å². The van der Waals surface area contributed by atoms with E-state index in [9.17, 15) is 0 Å². The van der Waals surface area contributed by atoms with Crippen LogP contribution in [0.1, 0.15) is 49.8 Å². The van der Waals surface area contributed by atoms with Crippen LogP contribution in [-0.2, 0) is 6.42 Å². The summed E-state index contributed by atoms with van der Waals surface area (Å²) in [5, 5.41) is 3.69. The monoisotopic (exact) mass is 245 g/mol. The van der Waals surface area contributed by atoms with Gasteiger partial charge in [0.2, 0.25) is 0 Å². The van der Waals surface area contributed by atoms with Gasteiger partial charge in [-0.05, 0) is 75.1 Å². The van der Waals surface area contributed by atoms with Crippen LogP contribution in [0, 0.1) is 19.3 Å². The van der Waals surface area contributed by atoms with Crippen LogP contribution in [0.2, 0.25) is 0 Å². The summed E-state index contributed by atoms with van der Waals surface area (Å²) < 4.78 is 0. The van der Waals surface area contributed by atoms with E-state index in [0.717, 1.165) is 6.54 Å². The van der Waals surface area contributed by atoms with Crippen LogP contribution in [0.4, 0.5) is 0 Å². The fourth-order valence-corrected chi connectivity index (χ4v) is 2.98. The summed E-state index contributed by atoms with van der Waals surface area (Å²) in [5.74, 6) is 0. The predicted octanol–water partition coefficient (Wildman–Crippen LogP) is 4.01. The molecule has 0 radical (unpaired) electrons. The Morgan fingerprint density at radius 2 is 1.83 bits per heavy atom. The summed E-state index contributed by atoms with van der Waals surface area (Å²) in [6.07, 6.45) is 5.25. The Morgan fingerprint density at radius 3 is 2.33 bits per heavy atom. The van der Waals surface area contributed by atoms with Gasteiger partial charge in [0.25, 0.3) is 0 Å². The normalized spacial score (nSPS) is 18.7. The topological polar surface area (TPSA) is 12.0 Å². The Morgan fingerprint density at radius 1 is 1.22 bits per heavy atom. The van der Waals surface area contributed by atoms with E-state index in [0.29, 0.717) is 11.5 Å². The van der Waals surface area contributed by atoms with Crippen LogP contribution in [-0.4, -0.2) is 12.6 Å². The molecule has 1 atom stereocenters. The zero-order valence-electron chi connectivity index (χ0n) is 12.3. The van der Waals surface area contributed by atoms with Gasteiger partial charge in [-0.1, -0.05) is 25.1 Å². The van der Waals surface area contributed by atoms with Gasteiger partial charge in [0.15, 0.2) is 0 Å². The van der Waals surface area contributed by atoms with Crippen LogP contribution in [0.15, 0.2) is 18.2 Å². The molecule has 1 aliphatic carbocycles. The molecular formula is C17H27N. The van der Waals surface area contributed by atoms with Crippen molar-refractivity contribution in [1.29, 1.82) is 0 Å². The highest BCUT2D eigenvalue weighted by Crippen LogP contribution is 2.51. The van der Waals surface area contributed by atoms with Gasteiger partial charge in [-0.3, -0.25) is 0 Å². The van der Waals surface area contributed by atoms with Crippen molar-refractivity contribution in [2.24, 2.45) is 5.41 Å². The summed E-state index contributed by atoms with van der Waals surface area (Å²) in [6.45, 7) is 10.3. The van der Waals surface area contributed by atoms with Gasteiger partial charge in [0.05, 0.1) is 0 Å². The first-order valence-electron chi connectivity index (χ1n) is 7.37. The highest BCUT2D eigenvalue weighted by molar-refractivity contribution is 5.35. The van der Waals surface area contributed by atoms with E-state index < -0.39 is 0 Å². The molecule has 0 spiro atoms. The van der Waals surface area contributed by atoms with Gasteiger partial charge in [-0.2, -0.15) is 0 Å². The van der Waals surface area contributed by atoms with Crippen molar-refractivity contribution >= 4 is 0 Å². The lowest BCUT2D eigenvalue weighted by Gasteiger charge is -2.26. The third-order valence-electron chi connectivity index (χ3n) is 4.68. The fourth-order valence-electron chi connectivity index (χ4n) is 2.98. The average molecular weight is 245 g/mol. The smallest absolute Gasteiger partial charge is 0.00983 e. The number of hydrogen-bond donors (Lipinski definition) is 1. The molecule has 0 aromatic heterocycles. The van der Waals surface area contributed by atoms with Crippen LogP contribution in [0.5, 0.6) is 0 Å². The molecule has 1 N–H and O–H groups in total. The van der Waals surface area contributed by atoms with Crippen LogP contribution >= 0.6 is 0 Å². The Hall–Kier alpha value is -0.820. The maximum Gasteiger partial charge on any atom is 0.00983 e. The van der Waals surface area contributed by atoms with Crippen molar-refractivity contribution in [3.8, 4) is 0 Å². The summed E-state index contributed by atoms with van der Waals surface area (Å²) in [4.78, 5) is 0. The quantitative estimate of drug-likeness (QED) is 0.798. The van der Waals surface area contributed by atoms with Gasteiger partial charge in [-0.25, -0.2) is 0 Å². The van der Waals surface area contributed by atoms with Crippen molar-refractivity contribution in [3.63, 3.8) is 0 Å². The molecule has 1 aromatic carbocycles. The summed E-state index contributed by atoms with van der Waals surface area (Å²) in [6, 6.07) is 7.33.